The molecule has 216 valence electrons. The summed E-state index contributed by atoms with van der Waals surface area (Å²) in [6.45, 7) is 4.22. The normalized spacial score (nSPS) is 28.0. The van der Waals surface area contributed by atoms with E-state index in [1.165, 1.54) is 57.4 Å². The van der Waals surface area contributed by atoms with Crippen LogP contribution in [-0.4, -0.2) is 23.8 Å². The number of esters is 1. The third kappa shape index (κ3) is 4.96. The maximum absolute atomic E-state index is 13.2. The van der Waals surface area contributed by atoms with E-state index in [-0.39, 0.29) is 28.2 Å². The Morgan fingerprint density at radius 3 is 2.26 bits per heavy atom. The molecule has 0 amide bonds. The van der Waals surface area contributed by atoms with Crippen LogP contribution >= 0.6 is 11.8 Å². The van der Waals surface area contributed by atoms with Gasteiger partial charge < -0.3 is 15.2 Å². The lowest BCUT2D eigenvalue weighted by Crippen LogP contribution is -2.49. The Hall–Kier alpha value is -3.75. The third-order valence-electron chi connectivity index (χ3n) is 9.74. The molecule has 1 aliphatic heterocycles. The van der Waals surface area contributed by atoms with Crippen LogP contribution in [0.3, 0.4) is 0 Å². The summed E-state index contributed by atoms with van der Waals surface area (Å²) in [4.78, 5) is 18.4. The van der Waals surface area contributed by atoms with Crippen LogP contribution in [0.2, 0.25) is 0 Å². The molecule has 42 heavy (non-hydrogen) atoms. The highest BCUT2D eigenvalue weighted by atomic mass is 32.2. The van der Waals surface area contributed by atoms with Crippen molar-refractivity contribution < 1.29 is 14.3 Å². The molecule has 1 unspecified atom stereocenters. The van der Waals surface area contributed by atoms with E-state index in [0.29, 0.717) is 22.3 Å². The summed E-state index contributed by atoms with van der Waals surface area (Å²) in [5.41, 5.74) is 10.3. The minimum absolute atomic E-state index is 0.0329. The molecule has 4 aliphatic carbocycles. The average Bonchev–Trinajstić information content (AvgIpc) is 2.98. The average molecular weight is 581 g/mol. The molecule has 7 nitrogen and oxygen atoms in total. The Labute approximate surface area is 251 Å². The van der Waals surface area contributed by atoms with Crippen molar-refractivity contribution in [3.8, 4) is 12.1 Å². The fourth-order valence-corrected chi connectivity index (χ4v) is 9.07. The van der Waals surface area contributed by atoms with Crippen LogP contribution in [0.15, 0.2) is 64.2 Å². The number of aromatic nitrogens is 1. The standard InChI is InChI=1S/C34H36N4O3S/c1-19(2)23-4-6-24(7-5-23)29-26(17-36)31(37)41-27(30(29)33(39)40-3)18-42-32-25(16-35)8-9-28(38-32)34-13-20-10-21(14-34)12-22(11-20)15-34/h4-9,19-22,29H,10-15,18,37H2,1-3H3. The number of methoxy groups -OCH3 is 1. The third-order valence-corrected chi connectivity index (χ3v) is 10.7. The number of nitrogens with two attached hydrogens (primary N) is 1. The Balaban J connectivity index is 1.35. The largest absolute Gasteiger partial charge is 0.466 e. The van der Waals surface area contributed by atoms with Gasteiger partial charge in [-0.05, 0) is 85.5 Å². The van der Waals surface area contributed by atoms with Gasteiger partial charge in [0.1, 0.15) is 28.5 Å². The lowest BCUT2D eigenvalue weighted by atomic mass is 9.49. The van der Waals surface area contributed by atoms with E-state index in [2.05, 4.69) is 32.1 Å². The molecular weight excluding hydrogens is 544 g/mol. The number of pyridine rings is 1. The highest BCUT2D eigenvalue weighted by Gasteiger charge is 2.52. The maximum atomic E-state index is 13.2. The van der Waals surface area contributed by atoms with E-state index in [4.69, 9.17) is 20.2 Å². The molecule has 1 aromatic carbocycles. The van der Waals surface area contributed by atoms with E-state index in [0.717, 1.165) is 34.6 Å². The molecule has 2 aromatic rings. The summed E-state index contributed by atoms with van der Waals surface area (Å²) < 4.78 is 11.1. The predicted octanol–water partition coefficient (Wildman–Crippen LogP) is 6.57. The summed E-state index contributed by atoms with van der Waals surface area (Å²) in [6, 6.07) is 16.3. The van der Waals surface area contributed by atoms with Gasteiger partial charge in [0.15, 0.2) is 0 Å². The zero-order valence-electron chi connectivity index (χ0n) is 24.4. The molecular formula is C34H36N4O3S. The zero-order chi connectivity index (χ0) is 29.6. The SMILES string of the molecule is COC(=O)C1=C(CSc2nc(C34CC5CC(CC(C5)C3)C4)ccc2C#N)OC(N)=C(C#N)C1c1ccc(C(C)C)cc1. The number of hydrogen-bond donors (Lipinski definition) is 1. The maximum Gasteiger partial charge on any atom is 0.338 e. The predicted molar refractivity (Wildman–Crippen MR) is 160 cm³/mol. The molecule has 1 aromatic heterocycles. The molecule has 8 heteroatoms. The number of hydrogen-bond acceptors (Lipinski definition) is 8. The van der Waals surface area contributed by atoms with Crippen LogP contribution in [0.5, 0.6) is 0 Å². The second kappa shape index (κ2) is 11.2. The van der Waals surface area contributed by atoms with Crippen molar-refractivity contribution in [2.45, 2.75) is 74.6 Å². The van der Waals surface area contributed by atoms with Crippen molar-refractivity contribution in [2.75, 3.05) is 12.9 Å². The summed E-state index contributed by atoms with van der Waals surface area (Å²) >= 11 is 1.36. The van der Waals surface area contributed by atoms with E-state index in [1.807, 2.05) is 30.3 Å². The first kappa shape index (κ1) is 28.4. The van der Waals surface area contributed by atoms with Gasteiger partial charge in [0.05, 0.1) is 29.9 Å². The first-order chi connectivity index (χ1) is 20.2. The van der Waals surface area contributed by atoms with Crippen LogP contribution in [0.1, 0.15) is 86.6 Å². The van der Waals surface area contributed by atoms with Gasteiger partial charge in [0.2, 0.25) is 5.88 Å². The van der Waals surface area contributed by atoms with Crippen molar-refractivity contribution >= 4 is 17.7 Å². The molecule has 7 rings (SSSR count). The van der Waals surface area contributed by atoms with Gasteiger partial charge in [-0.1, -0.05) is 49.9 Å². The topological polar surface area (TPSA) is 122 Å². The fraction of sp³-hybridized carbons (Fsp3) is 0.471. The lowest BCUT2D eigenvalue weighted by Gasteiger charge is -2.56. The lowest BCUT2D eigenvalue weighted by molar-refractivity contribution is -0.136. The summed E-state index contributed by atoms with van der Waals surface area (Å²) in [5, 5.41) is 20.6. The number of carbonyl (C=O) groups excluding carboxylic acids is 1. The zero-order valence-corrected chi connectivity index (χ0v) is 25.2. The van der Waals surface area contributed by atoms with E-state index in [9.17, 15) is 15.3 Å². The molecule has 5 aliphatic rings. The first-order valence-corrected chi connectivity index (χ1v) is 15.8. The number of nitriles is 2. The Bertz CT molecular complexity index is 1530. The molecule has 0 saturated heterocycles. The van der Waals surface area contributed by atoms with Crippen LogP contribution < -0.4 is 5.73 Å². The van der Waals surface area contributed by atoms with Gasteiger partial charge in [0, 0.05) is 11.1 Å². The van der Waals surface area contributed by atoms with Crippen LogP contribution in [0.4, 0.5) is 0 Å². The summed E-state index contributed by atoms with van der Waals surface area (Å²) in [7, 11) is 1.32. The first-order valence-electron chi connectivity index (χ1n) is 14.8. The fourth-order valence-electron chi connectivity index (χ4n) is 8.15. The number of benzene rings is 1. The van der Waals surface area contributed by atoms with E-state index >= 15 is 0 Å². The van der Waals surface area contributed by atoms with Gasteiger partial charge in [-0.15, -0.1) is 0 Å². The van der Waals surface area contributed by atoms with Crippen molar-refractivity contribution in [3.05, 3.63) is 81.6 Å². The Morgan fingerprint density at radius 1 is 1.07 bits per heavy atom. The van der Waals surface area contributed by atoms with Gasteiger partial charge in [-0.3, -0.25) is 0 Å². The van der Waals surface area contributed by atoms with Gasteiger partial charge >= 0.3 is 5.97 Å². The van der Waals surface area contributed by atoms with Crippen LogP contribution in [0.25, 0.3) is 0 Å². The molecule has 0 spiro atoms. The van der Waals surface area contributed by atoms with E-state index < -0.39 is 11.9 Å². The van der Waals surface area contributed by atoms with Crippen molar-refractivity contribution in [2.24, 2.45) is 23.5 Å². The van der Waals surface area contributed by atoms with Crippen molar-refractivity contribution in [1.29, 1.82) is 10.5 Å². The number of thioether (sulfide) groups is 1. The van der Waals surface area contributed by atoms with E-state index in [1.54, 1.807) is 0 Å². The van der Waals surface area contributed by atoms with Gasteiger partial charge in [-0.2, -0.15) is 10.5 Å². The molecule has 0 radical (unpaired) electrons. The second-order valence-electron chi connectivity index (χ2n) is 12.7. The molecule has 2 N–H and O–H groups in total. The molecule has 4 bridgehead atoms. The monoisotopic (exact) mass is 580 g/mol. The molecule has 2 heterocycles. The van der Waals surface area contributed by atoms with Crippen LogP contribution in [-0.2, 0) is 19.7 Å². The minimum Gasteiger partial charge on any atom is -0.466 e. The highest BCUT2D eigenvalue weighted by molar-refractivity contribution is 7.99. The number of ether oxygens (including phenoxy) is 2. The second-order valence-corrected chi connectivity index (χ2v) is 13.7. The highest BCUT2D eigenvalue weighted by Crippen LogP contribution is 2.60. The number of carbonyl (C=O) groups is 1. The minimum atomic E-state index is -0.727. The quantitative estimate of drug-likeness (QED) is 0.288. The summed E-state index contributed by atoms with van der Waals surface area (Å²) in [5.74, 6) is 1.85. The van der Waals surface area contributed by atoms with Crippen molar-refractivity contribution in [3.63, 3.8) is 0 Å². The Morgan fingerprint density at radius 2 is 1.71 bits per heavy atom. The number of nitrogens with zero attached hydrogens (tertiary/aromatic N) is 3. The smallest absolute Gasteiger partial charge is 0.338 e. The van der Waals surface area contributed by atoms with Crippen LogP contribution in [0, 0.1) is 40.4 Å². The number of rotatable bonds is 7. The van der Waals surface area contributed by atoms with Gasteiger partial charge in [-0.25, -0.2) is 9.78 Å². The number of allylic oxidation sites excluding steroid dienone is 1. The van der Waals surface area contributed by atoms with Crippen molar-refractivity contribution in [1.82, 2.24) is 4.98 Å². The molecule has 4 saturated carbocycles. The molecule has 1 atom stereocenters. The summed E-state index contributed by atoms with van der Waals surface area (Å²) in [6.07, 6.45) is 7.58. The Kier molecular flexibility index (Phi) is 7.53. The molecule has 4 fully saturated rings. The van der Waals surface area contributed by atoms with Gasteiger partial charge in [0.25, 0.3) is 0 Å².